The molecular formula is C11H8ClF6NO3. The highest BCUT2D eigenvalue weighted by Gasteiger charge is 2.41. The molecule has 1 heterocycles. The van der Waals surface area contributed by atoms with E-state index in [4.69, 9.17) is 11.6 Å². The monoisotopic (exact) mass is 351 g/mol. The lowest BCUT2D eigenvalue weighted by Crippen LogP contribution is -2.23. The van der Waals surface area contributed by atoms with Gasteiger partial charge in [-0.15, -0.1) is 24.8 Å². The summed E-state index contributed by atoms with van der Waals surface area (Å²) in [6.45, 7) is 0. The third kappa shape index (κ3) is 4.93. The Bertz CT molecular complexity index is 558. The van der Waals surface area contributed by atoms with Crippen LogP contribution in [0.15, 0.2) is 6.07 Å². The second-order valence-electron chi connectivity index (χ2n) is 3.87. The van der Waals surface area contributed by atoms with Crippen molar-refractivity contribution in [2.75, 3.05) is 7.11 Å². The molecule has 0 aliphatic heterocycles. The number of methoxy groups -OCH3 is 1. The Hall–Kier alpha value is -1.71. The van der Waals surface area contributed by atoms with Gasteiger partial charge in [0.25, 0.3) is 0 Å². The standard InChI is InChI=1S/C11H8ClF6NO3/c1-21-8(20)3-7-9(22-11(16,17)18)6(10(13,14)15)2-5(4-12)19-7/h2H,3-4H2,1H3. The zero-order valence-corrected chi connectivity index (χ0v) is 11.6. The molecule has 0 N–H and O–H groups in total. The van der Waals surface area contributed by atoms with Crippen molar-refractivity contribution in [2.45, 2.75) is 24.8 Å². The van der Waals surface area contributed by atoms with Gasteiger partial charge in [-0.1, -0.05) is 0 Å². The largest absolute Gasteiger partial charge is 0.573 e. The second-order valence-corrected chi connectivity index (χ2v) is 4.14. The fraction of sp³-hybridized carbons (Fsp3) is 0.455. The number of halogens is 7. The van der Waals surface area contributed by atoms with Gasteiger partial charge in [0.15, 0.2) is 5.75 Å². The van der Waals surface area contributed by atoms with Crippen molar-refractivity contribution < 1.29 is 40.6 Å². The Kier molecular flexibility index (Phi) is 5.49. The molecule has 0 atom stereocenters. The molecule has 0 aliphatic rings. The van der Waals surface area contributed by atoms with Crippen LogP contribution in [0.1, 0.15) is 17.0 Å². The summed E-state index contributed by atoms with van der Waals surface area (Å²) in [5.74, 6) is -3.18. The second kappa shape index (κ2) is 6.59. The van der Waals surface area contributed by atoms with E-state index in [1.54, 1.807) is 0 Å². The molecule has 4 nitrogen and oxygen atoms in total. The van der Waals surface area contributed by atoms with Gasteiger partial charge in [-0.2, -0.15) is 13.2 Å². The van der Waals surface area contributed by atoms with Gasteiger partial charge in [-0.3, -0.25) is 9.78 Å². The van der Waals surface area contributed by atoms with E-state index in [-0.39, 0.29) is 5.69 Å². The molecule has 1 aromatic rings. The first-order valence-electron chi connectivity index (χ1n) is 5.46. The van der Waals surface area contributed by atoms with E-state index in [1.807, 2.05) is 0 Å². The minimum atomic E-state index is -5.39. The first-order valence-corrected chi connectivity index (χ1v) is 6.00. The molecule has 0 bridgehead atoms. The molecule has 0 spiro atoms. The summed E-state index contributed by atoms with van der Waals surface area (Å²) in [6.07, 6.45) is -11.5. The van der Waals surface area contributed by atoms with E-state index in [0.29, 0.717) is 6.07 Å². The summed E-state index contributed by atoms with van der Waals surface area (Å²) < 4.78 is 83.3. The van der Waals surface area contributed by atoms with E-state index in [9.17, 15) is 31.1 Å². The van der Waals surface area contributed by atoms with Crippen LogP contribution in [0.2, 0.25) is 0 Å². The Morgan fingerprint density at radius 1 is 1.27 bits per heavy atom. The van der Waals surface area contributed by atoms with Crippen molar-refractivity contribution >= 4 is 17.6 Å². The Labute approximate surface area is 125 Å². The first-order chi connectivity index (χ1) is 9.97. The fourth-order valence-corrected chi connectivity index (χ4v) is 1.62. The van der Waals surface area contributed by atoms with Crippen molar-refractivity contribution in [2.24, 2.45) is 0 Å². The lowest BCUT2D eigenvalue weighted by Gasteiger charge is -2.18. The Balaban J connectivity index is 3.52. The highest BCUT2D eigenvalue weighted by atomic mass is 35.5. The average Bonchev–Trinajstić information content (AvgIpc) is 2.37. The number of esters is 1. The molecule has 0 saturated heterocycles. The van der Waals surface area contributed by atoms with Crippen molar-refractivity contribution in [3.05, 3.63) is 23.0 Å². The molecule has 0 amide bonds. The normalized spacial score (nSPS) is 12.2. The number of hydrogen-bond donors (Lipinski definition) is 0. The maximum absolute atomic E-state index is 12.9. The first kappa shape index (κ1) is 18.3. The topological polar surface area (TPSA) is 48.4 Å². The van der Waals surface area contributed by atoms with Crippen molar-refractivity contribution in [1.29, 1.82) is 0 Å². The number of aromatic nitrogens is 1. The molecule has 0 aliphatic carbocycles. The molecule has 0 radical (unpaired) electrons. The maximum atomic E-state index is 12.9. The number of carbonyl (C=O) groups is 1. The smallest absolute Gasteiger partial charge is 0.469 e. The van der Waals surface area contributed by atoms with Crippen LogP contribution in [0.4, 0.5) is 26.3 Å². The zero-order valence-electron chi connectivity index (χ0n) is 10.8. The number of pyridine rings is 1. The number of hydrogen-bond acceptors (Lipinski definition) is 4. The van der Waals surface area contributed by atoms with Crippen LogP contribution in [0.3, 0.4) is 0 Å². The predicted molar refractivity (Wildman–Crippen MR) is 61.2 cm³/mol. The molecule has 124 valence electrons. The summed E-state index contributed by atoms with van der Waals surface area (Å²) in [7, 11) is 0.919. The van der Waals surface area contributed by atoms with E-state index >= 15 is 0 Å². The quantitative estimate of drug-likeness (QED) is 0.473. The van der Waals surface area contributed by atoms with Crippen molar-refractivity contribution in [1.82, 2.24) is 4.98 Å². The molecule has 0 saturated carbocycles. The highest BCUT2D eigenvalue weighted by Crippen LogP contribution is 2.40. The summed E-state index contributed by atoms with van der Waals surface area (Å²) in [5, 5.41) is 0. The van der Waals surface area contributed by atoms with Crippen LogP contribution < -0.4 is 4.74 Å². The van der Waals surface area contributed by atoms with Crippen LogP contribution in [-0.4, -0.2) is 24.4 Å². The third-order valence-corrected chi connectivity index (χ3v) is 2.57. The maximum Gasteiger partial charge on any atom is 0.573 e. The van der Waals surface area contributed by atoms with Gasteiger partial charge in [0.2, 0.25) is 0 Å². The minimum Gasteiger partial charge on any atom is -0.469 e. The van der Waals surface area contributed by atoms with Crippen LogP contribution in [0.5, 0.6) is 5.75 Å². The van der Waals surface area contributed by atoms with E-state index in [2.05, 4.69) is 14.5 Å². The Morgan fingerprint density at radius 2 is 1.86 bits per heavy atom. The van der Waals surface area contributed by atoms with E-state index < -0.39 is 47.8 Å². The average molecular weight is 352 g/mol. The lowest BCUT2D eigenvalue weighted by atomic mass is 10.1. The summed E-state index contributed by atoms with van der Waals surface area (Å²) in [4.78, 5) is 14.6. The van der Waals surface area contributed by atoms with Gasteiger partial charge >= 0.3 is 18.5 Å². The summed E-state index contributed by atoms with van der Waals surface area (Å²) >= 11 is 5.37. The van der Waals surface area contributed by atoms with E-state index in [0.717, 1.165) is 7.11 Å². The van der Waals surface area contributed by atoms with Gasteiger partial charge in [-0.25, -0.2) is 0 Å². The van der Waals surface area contributed by atoms with Gasteiger partial charge < -0.3 is 9.47 Å². The van der Waals surface area contributed by atoms with Crippen molar-refractivity contribution in [3.8, 4) is 5.75 Å². The molecule has 0 fully saturated rings. The molecule has 0 unspecified atom stereocenters. The van der Waals surface area contributed by atoms with Gasteiger partial charge in [-0.05, 0) is 6.07 Å². The van der Waals surface area contributed by atoms with Crippen LogP contribution in [0.25, 0.3) is 0 Å². The lowest BCUT2D eigenvalue weighted by molar-refractivity contribution is -0.276. The van der Waals surface area contributed by atoms with Gasteiger partial charge in [0.05, 0.1) is 30.8 Å². The van der Waals surface area contributed by atoms with Crippen LogP contribution in [0, 0.1) is 0 Å². The SMILES string of the molecule is COC(=O)Cc1nc(CCl)cc(C(F)(F)F)c1OC(F)(F)F. The van der Waals surface area contributed by atoms with Crippen molar-refractivity contribution in [3.63, 3.8) is 0 Å². The number of nitrogens with zero attached hydrogens (tertiary/aromatic N) is 1. The molecule has 22 heavy (non-hydrogen) atoms. The molecule has 11 heteroatoms. The minimum absolute atomic E-state index is 0.328. The van der Waals surface area contributed by atoms with E-state index in [1.165, 1.54) is 0 Å². The van der Waals surface area contributed by atoms with Crippen LogP contribution in [-0.2, 0) is 28.0 Å². The van der Waals surface area contributed by atoms with Crippen LogP contribution >= 0.6 is 11.6 Å². The summed E-state index contributed by atoms with van der Waals surface area (Å²) in [5.41, 5.74) is -2.95. The van der Waals surface area contributed by atoms with Gasteiger partial charge in [0.1, 0.15) is 5.56 Å². The fourth-order valence-electron chi connectivity index (χ4n) is 1.48. The number of rotatable bonds is 4. The Morgan fingerprint density at radius 3 is 2.27 bits per heavy atom. The molecule has 1 rings (SSSR count). The summed E-state index contributed by atoms with van der Waals surface area (Å²) in [6, 6.07) is 0.328. The molecule has 0 aromatic carbocycles. The zero-order chi connectivity index (χ0) is 17.1. The number of ether oxygens (including phenoxy) is 2. The highest BCUT2D eigenvalue weighted by molar-refractivity contribution is 6.16. The molecular weight excluding hydrogens is 344 g/mol. The number of alkyl halides is 7. The third-order valence-electron chi connectivity index (χ3n) is 2.30. The molecule has 1 aromatic heterocycles. The number of carbonyl (C=O) groups excluding carboxylic acids is 1. The predicted octanol–water partition coefficient (Wildman–Crippen LogP) is 3.45. The van der Waals surface area contributed by atoms with Gasteiger partial charge in [0, 0.05) is 0 Å².